The SMILES string of the molecule is CC1(C)C2=CCCC(c3c4ccccc4c(-c4ccc5c(c4)c4c(p5-c5ccccc5)C=CCC4)c4ccc(-c5ccccc5)cc34)=C2c2ccccc21. The normalized spacial score (nSPS) is 16.1. The van der Waals surface area contributed by atoms with Crippen molar-refractivity contribution in [1.29, 1.82) is 0 Å². The monoisotopic (exact) mass is 708 g/mol. The molecule has 3 aliphatic rings. The first-order valence-electron chi connectivity index (χ1n) is 19.6. The van der Waals surface area contributed by atoms with Gasteiger partial charge in [-0.1, -0.05) is 167 Å². The van der Waals surface area contributed by atoms with E-state index in [1.807, 2.05) is 0 Å². The Balaban J connectivity index is 1.24. The Labute approximate surface area is 318 Å². The zero-order valence-electron chi connectivity index (χ0n) is 30.9. The first-order valence-corrected chi connectivity index (χ1v) is 20.9. The van der Waals surface area contributed by atoms with Gasteiger partial charge in [0.15, 0.2) is 0 Å². The molecule has 0 N–H and O–H groups in total. The van der Waals surface area contributed by atoms with E-state index >= 15 is 0 Å². The fourth-order valence-electron chi connectivity index (χ4n) is 10.1. The molecule has 1 unspecified atom stereocenters. The molecule has 0 bridgehead atoms. The van der Waals surface area contributed by atoms with Gasteiger partial charge in [-0.15, -0.1) is 0 Å². The molecule has 3 aliphatic carbocycles. The lowest BCUT2D eigenvalue weighted by atomic mass is 9.76. The molecule has 7 aromatic carbocycles. The van der Waals surface area contributed by atoms with E-state index in [9.17, 15) is 0 Å². The van der Waals surface area contributed by atoms with E-state index in [-0.39, 0.29) is 5.41 Å². The minimum absolute atomic E-state index is 0.0240. The van der Waals surface area contributed by atoms with Gasteiger partial charge in [-0.25, -0.2) is 0 Å². The summed E-state index contributed by atoms with van der Waals surface area (Å²) < 4.78 is 0. The highest BCUT2D eigenvalue weighted by molar-refractivity contribution is 7.64. The molecule has 258 valence electrons. The quantitative estimate of drug-likeness (QED) is 0.160. The highest BCUT2D eigenvalue weighted by atomic mass is 31.1. The predicted octanol–water partition coefficient (Wildman–Crippen LogP) is 15.3. The number of aryl methyl sites for hydroxylation is 1. The molecule has 0 saturated heterocycles. The predicted molar refractivity (Wildman–Crippen MR) is 235 cm³/mol. The number of hydrogen-bond donors (Lipinski definition) is 0. The lowest BCUT2D eigenvalue weighted by molar-refractivity contribution is 0.655. The van der Waals surface area contributed by atoms with E-state index in [0.717, 1.165) is 25.7 Å². The van der Waals surface area contributed by atoms with Crippen molar-refractivity contribution >= 4 is 56.8 Å². The van der Waals surface area contributed by atoms with E-state index in [1.54, 1.807) is 10.9 Å². The van der Waals surface area contributed by atoms with Gasteiger partial charge in [-0.05, 0) is 137 Å². The molecule has 54 heavy (non-hydrogen) atoms. The molecule has 1 heterocycles. The van der Waals surface area contributed by atoms with Crippen LogP contribution in [-0.2, 0) is 11.8 Å². The molecule has 0 amide bonds. The molecule has 0 nitrogen and oxygen atoms in total. The lowest BCUT2D eigenvalue weighted by Gasteiger charge is -2.27. The molecular weight excluding hydrogens is 668 g/mol. The van der Waals surface area contributed by atoms with Gasteiger partial charge in [0.2, 0.25) is 0 Å². The summed E-state index contributed by atoms with van der Waals surface area (Å²) in [5.41, 5.74) is 15.4. The Bertz CT molecular complexity index is 2930. The van der Waals surface area contributed by atoms with Gasteiger partial charge in [0, 0.05) is 15.8 Å². The smallest absolute Gasteiger partial charge is 0.0155 e. The van der Waals surface area contributed by atoms with Crippen molar-refractivity contribution < 1.29 is 0 Å². The fraction of sp³-hybridized carbons (Fsp3) is 0.132. The fourth-order valence-corrected chi connectivity index (χ4v) is 12.8. The Morgan fingerprint density at radius 1 is 0.537 bits per heavy atom. The van der Waals surface area contributed by atoms with Crippen molar-refractivity contribution in [2.24, 2.45) is 0 Å². The van der Waals surface area contributed by atoms with E-state index in [0.29, 0.717) is 0 Å². The van der Waals surface area contributed by atoms with Crippen molar-refractivity contribution in [3.8, 4) is 27.6 Å². The first kappa shape index (κ1) is 31.8. The second-order valence-electron chi connectivity index (χ2n) is 15.8. The molecule has 1 atom stereocenters. The third-order valence-electron chi connectivity index (χ3n) is 12.5. The largest absolute Gasteiger partial charge is 0.0833 e. The summed E-state index contributed by atoms with van der Waals surface area (Å²) in [6.45, 7) is 4.84. The molecule has 1 heteroatoms. The van der Waals surface area contributed by atoms with Crippen molar-refractivity contribution in [2.45, 2.75) is 44.9 Å². The Hall–Kier alpha value is -5.68. The summed E-state index contributed by atoms with van der Waals surface area (Å²) in [7, 11) is -0.561. The molecular formula is C53H41P. The topological polar surface area (TPSA) is 0 Å². The zero-order chi connectivity index (χ0) is 36.0. The Morgan fingerprint density at radius 3 is 2.06 bits per heavy atom. The van der Waals surface area contributed by atoms with Crippen LogP contribution < -0.4 is 0 Å². The third kappa shape index (κ3) is 4.63. The number of hydrogen-bond acceptors (Lipinski definition) is 0. The van der Waals surface area contributed by atoms with Crippen LogP contribution in [0.3, 0.4) is 0 Å². The van der Waals surface area contributed by atoms with Crippen molar-refractivity contribution in [3.63, 3.8) is 0 Å². The molecule has 0 saturated carbocycles. The van der Waals surface area contributed by atoms with Crippen molar-refractivity contribution in [2.75, 3.05) is 0 Å². The van der Waals surface area contributed by atoms with E-state index < -0.39 is 7.53 Å². The second-order valence-corrected chi connectivity index (χ2v) is 18.0. The minimum atomic E-state index is -0.561. The molecule has 0 aliphatic heterocycles. The second kappa shape index (κ2) is 12.2. The number of rotatable bonds is 4. The summed E-state index contributed by atoms with van der Waals surface area (Å²) >= 11 is 0. The zero-order valence-corrected chi connectivity index (χ0v) is 31.8. The summed E-state index contributed by atoms with van der Waals surface area (Å²) in [6, 6.07) is 55.3. The standard InChI is InChI=1S/C53H41P/c1-53(2)46-25-13-11-23-42(46)52-43(24-15-26-47(52)53)51-40-22-10-9-21-39(40)50(41-30-28-35(32-45(41)51)34-16-5-3-6-17-34)36-29-31-49-44(33-36)38-20-12-14-27-48(38)54(49)37-18-7-4-8-19-37/h3-11,13-14,16-19,21-23,25-33H,12,15,20,24H2,1-2H3. The van der Waals surface area contributed by atoms with Crippen LogP contribution in [0, 0.1) is 0 Å². The van der Waals surface area contributed by atoms with Crippen LogP contribution in [0.2, 0.25) is 0 Å². The molecule has 0 spiro atoms. The van der Waals surface area contributed by atoms with Gasteiger partial charge in [0.05, 0.1) is 0 Å². The van der Waals surface area contributed by atoms with Crippen LogP contribution in [0.1, 0.15) is 60.7 Å². The van der Waals surface area contributed by atoms with Crippen LogP contribution in [0.5, 0.6) is 0 Å². The lowest BCUT2D eigenvalue weighted by Crippen LogP contribution is -2.16. The number of fused-ring (bicyclic) bond motifs is 8. The van der Waals surface area contributed by atoms with Crippen LogP contribution in [0.15, 0.2) is 163 Å². The van der Waals surface area contributed by atoms with Crippen LogP contribution in [0.25, 0.3) is 76.8 Å². The van der Waals surface area contributed by atoms with Crippen LogP contribution in [0.4, 0.5) is 0 Å². The van der Waals surface area contributed by atoms with Gasteiger partial charge in [0.25, 0.3) is 0 Å². The highest BCUT2D eigenvalue weighted by Crippen LogP contribution is 2.58. The summed E-state index contributed by atoms with van der Waals surface area (Å²) in [4.78, 5) is 0. The van der Waals surface area contributed by atoms with Crippen LogP contribution in [-0.4, -0.2) is 0 Å². The number of allylic oxidation sites excluding steroid dienone is 5. The Kier molecular flexibility index (Phi) is 7.17. The molecule has 1 aromatic heterocycles. The van der Waals surface area contributed by atoms with Crippen LogP contribution >= 0.6 is 7.53 Å². The summed E-state index contributed by atoms with van der Waals surface area (Å²) in [5, 5.41) is 11.3. The summed E-state index contributed by atoms with van der Waals surface area (Å²) in [6.07, 6.45) is 11.7. The molecule has 0 radical (unpaired) electrons. The Morgan fingerprint density at radius 2 is 1.22 bits per heavy atom. The first-order chi connectivity index (χ1) is 26.6. The molecule has 11 rings (SSSR count). The minimum Gasteiger partial charge on any atom is -0.0833 e. The maximum absolute atomic E-state index is 2.56. The third-order valence-corrected chi connectivity index (χ3v) is 15.1. The van der Waals surface area contributed by atoms with Gasteiger partial charge in [-0.2, -0.15) is 0 Å². The van der Waals surface area contributed by atoms with Gasteiger partial charge in [-0.3, -0.25) is 0 Å². The average molecular weight is 709 g/mol. The van der Waals surface area contributed by atoms with Gasteiger partial charge in [0.1, 0.15) is 0 Å². The molecule has 8 aromatic rings. The maximum Gasteiger partial charge on any atom is 0.0155 e. The maximum atomic E-state index is 2.56. The van der Waals surface area contributed by atoms with Gasteiger partial charge < -0.3 is 0 Å². The van der Waals surface area contributed by atoms with E-state index in [4.69, 9.17) is 0 Å². The van der Waals surface area contributed by atoms with Crippen molar-refractivity contribution in [3.05, 3.63) is 191 Å². The van der Waals surface area contributed by atoms with E-state index in [1.165, 1.54) is 93.0 Å². The average Bonchev–Trinajstić information content (AvgIpc) is 3.68. The van der Waals surface area contributed by atoms with Gasteiger partial charge >= 0.3 is 0 Å². The number of benzene rings is 7. The van der Waals surface area contributed by atoms with Crippen molar-refractivity contribution in [1.82, 2.24) is 0 Å². The molecule has 0 fully saturated rings. The summed E-state index contributed by atoms with van der Waals surface area (Å²) in [5.74, 6) is 0. The highest BCUT2D eigenvalue weighted by Gasteiger charge is 2.41. The van der Waals surface area contributed by atoms with E-state index in [2.05, 4.69) is 178 Å².